The Bertz CT molecular complexity index is 465. The van der Waals surface area contributed by atoms with Crippen LogP contribution in [-0.4, -0.2) is 31.4 Å². The summed E-state index contributed by atoms with van der Waals surface area (Å²) < 4.78 is 40.8. The monoisotopic (exact) mass is 278 g/mol. The van der Waals surface area contributed by atoms with E-state index in [1.165, 1.54) is 11.3 Å². The maximum Gasteiger partial charge on any atom is 0.264 e. The minimum absolute atomic E-state index is 0.0292. The van der Waals surface area contributed by atoms with E-state index in [4.69, 9.17) is 14.0 Å². The zero-order valence-corrected chi connectivity index (χ0v) is 10.8. The molecule has 0 radical (unpaired) electrons. The first kappa shape index (κ1) is 12.7. The van der Waals surface area contributed by atoms with E-state index in [2.05, 4.69) is 0 Å². The Morgan fingerprint density at radius 3 is 2.88 bits per heavy atom. The lowest BCUT2D eigenvalue weighted by Gasteiger charge is -2.24. The molecular formula is C10H14O5S2. The van der Waals surface area contributed by atoms with Gasteiger partial charge in [0.05, 0.1) is 5.75 Å². The third kappa shape index (κ3) is 3.86. The lowest BCUT2D eigenvalue weighted by atomic mass is 10.1. The molecule has 0 aliphatic carbocycles. The highest BCUT2D eigenvalue weighted by atomic mass is 32.2. The third-order valence-electron chi connectivity index (χ3n) is 2.49. The Kier molecular flexibility index (Phi) is 3.90. The first-order chi connectivity index (χ1) is 8.04. The number of hydrogen-bond donors (Lipinski definition) is 1. The fraction of sp³-hybridized carbons (Fsp3) is 0.600. The molecule has 0 saturated carbocycles. The van der Waals surface area contributed by atoms with Crippen LogP contribution >= 0.6 is 11.3 Å². The number of ether oxygens (including phenoxy) is 2. The van der Waals surface area contributed by atoms with Gasteiger partial charge in [-0.05, 0) is 19.3 Å². The molecule has 1 aliphatic heterocycles. The summed E-state index contributed by atoms with van der Waals surface area (Å²) in [7, 11) is -3.84. The molecule has 5 nitrogen and oxygen atoms in total. The predicted molar refractivity (Wildman–Crippen MR) is 64.5 cm³/mol. The van der Waals surface area contributed by atoms with Gasteiger partial charge < -0.3 is 9.47 Å². The molecular weight excluding hydrogens is 264 g/mol. The van der Waals surface area contributed by atoms with E-state index in [0.29, 0.717) is 19.4 Å². The van der Waals surface area contributed by atoms with E-state index in [0.717, 1.165) is 17.9 Å². The fourth-order valence-electron chi connectivity index (χ4n) is 1.66. The lowest BCUT2D eigenvalue weighted by Crippen LogP contribution is -2.28. The van der Waals surface area contributed by atoms with Gasteiger partial charge in [0.25, 0.3) is 10.1 Å². The lowest BCUT2D eigenvalue weighted by molar-refractivity contribution is 0.0846. The van der Waals surface area contributed by atoms with E-state index in [1.807, 2.05) is 10.8 Å². The molecule has 1 aliphatic rings. The van der Waals surface area contributed by atoms with Gasteiger partial charge in [0.2, 0.25) is 0 Å². The topological polar surface area (TPSA) is 72.8 Å². The van der Waals surface area contributed by atoms with Crippen LogP contribution in [0.4, 0.5) is 0 Å². The molecule has 2 heterocycles. The molecule has 1 unspecified atom stereocenters. The molecule has 1 N–H and O–H groups in total. The highest BCUT2D eigenvalue weighted by Gasteiger charge is 2.21. The molecule has 0 fully saturated rings. The molecule has 96 valence electrons. The van der Waals surface area contributed by atoms with Crippen molar-refractivity contribution in [2.24, 2.45) is 0 Å². The van der Waals surface area contributed by atoms with Crippen LogP contribution < -0.4 is 9.47 Å². The maximum atomic E-state index is 10.5. The first-order valence-corrected chi connectivity index (χ1v) is 7.90. The van der Waals surface area contributed by atoms with Gasteiger partial charge in [-0.15, -0.1) is 11.3 Å². The Labute approximate surface area is 104 Å². The smallest absolute Gasteiger partial charge is 0.264 e. The average Bonchev–Trinajstić information content (AvgIpc) is 2.70. The van der Waals surface area contributed by atoms with Crippen molar-refractivity contribution in [2.45, 2.75) is 25.4 Å². The van der Waals surface area contributed by atoms with Gasteiger partial charge >= 0.3 is 0 Å². The molecule has 0 spiro atoms. The van der Waals surface area contributed by atoms with Crippen molar-refractivity contribution in [3.05, 3.63) is 10.8 Å². The summed E-state index contributed by atoms with van der Waals surface area (Å²) in [5.74, 6) is 1.36. The standard InChI is InChI=1S/C10H14O5S2/c11-17(12,13)4-2-1-3-8-5-14-9-6-16-7-10(9)15-8/h6-8H,1-5H2,(H,11,12,13). The van der Waals surface area contributed by atoms with Crippen molar-refractivity contribution in [3.63, 3.8) is 0 Å². The van der Waals surface area contributed by atoms with Crippen LogP contribution in [0.25, 0.3) is 0 Å². The largest absolute Gasteiger partial charge is 0.485 e. The molecule has 0 bridgehead atoms. The van der Waals surface area contributed by atoms with Gasteiger partial charge in [-0.2, -0.15) is 8.42 Å². The third-order valence-corrected chi connectivity index (χ3v) is 3.99. The van der Waals surface area contributed by atoms with Crippen LogP contribution in [0.15, 0.2) is 10.8 Å². The Morgan fingerprint density at radius 1 is 1.35 bits per heavy atom. The number of rotatable bonds is 5. The van der Waals surface area contributed by atoms with Crippen molar-refractivity contribution >= 4 is 21.5 Å². The summed E-state index contributed by atoms with van der Waals surface area (Å²) in [4.78, 5) is 0. The van der Waals surface area contributed by atoms with E-state index in [-0.39, 0.29) is 11.9 Å². The fourth-order valence-corrected chi connectivity index (χ4v) is 2.90. The van der Waals surface area contributed by atoms with Crippen LogP contribution in [0.2, 0.25) is 0 Å². The summed E-state index contributed by atoms with van der Waals surface area (Å²) in [6, 6.07) is 0. The second kappa shape index (κ2) is 5.24. The highest BCUT2D eigenvalue weighted by molar-refractivity contribution is 7.85. The molecule has 17 heavy (non-hydrogen) atoms. The van der Waals surface area contributed by atoms with Crippen molar-refractivity contribution in [1.82, 2.24) is 0 Å². The van der Waals surface area contributed by atoms with Gasteiger partial charge in [-0.1, -0.05) is 0 Å². The summed E-state index contributed by atoms with van der Waals surface area (Å²) >= 11 is 1.53. The number of thiophene rings is 1. The van der Waals surface area contributed by atoms with E-state index >= 15 is 0 Å². The van der Waals surface area contributed by atoms with Gasteiger partial charge in [0.1, 0.15) is 12.7 Å². The minimum atomic E-state index is -3.84. The summed E-state index contributed by atoms with van der Waals surface area (Å²) in [6.07, 6.45) is 1.83. The summed E-state index contributed by atoms with van der Waals surface area (Å²) in [6.45, 7) is 0.496. The van der Waals surface area contributed by atoms with Crippen LogP contribution in [0.1, 0.15) is 19.3 Å². The second-order valence-corrected chi connectivity index (χ2v) is 6.25. The summed E-state index contributed by atoms with van der Waals surface area (Å²) in [5.41, 5.74) is 0. The van der Waals surface area contributed by atoms with E-state index < -0.39 is 10.1 Å². The van der Waals surface area contributed by atoms with Crippen molar-refractivity contribution in [3.8, 4) is 11.5 Å². The van der Waals surface area contributed by atoms with Crippen molar-refractivity contribution in [2.75, 3.05) is 12.4 Å². The number of fused-ring (bicyclic) bond motifs is 1. The minimum Gasteiger partial charge on any atom is -0.485 e. The Morgan fingerprint density at radius 2 is 2.12 bits per heavy atom. The quantitative estimate of drug-likeness (QED) is 0.658. The number of hydrogen-bond acceptors (Lipinski definition) is 5. The van der Waals surface area contributed by atoms with Crippen LogP contribution in [0.5, 0.6) is 11.5 Å². The zero-order chi connectivity index (χ0) is 12.3. The molecule has 7 heteroatoms. The van der Waals surface area contributed by atoms with E-state index in [1.54, 1.807) is 0 Å². The number of unbranched alkanes of at least 4 members (excludes halogenated alkanes) is 1. The van der Waals surface area contributed by atoms with Crippen LogP contribution in [0.3, 0.4) is 0 Å². The Balaban J connectivity index is 1.72. The molecule has 0 aromatic carbocycles. The maximum absolute atomic E-state index is 10.5. The second-order valence-electron chi connectivity index (χ2n) is 3.93. The zero-order valence-electron chi connectivity index (χ0n) is 9.16. The van der Waals surface area contributed by atoms with Crippen molar-refractivity contribution in [1.29, 1.82) is 0 Å². The highest BCUT2D eigenvalue weighted by Crippen LogP contribution is 2.35. The van der Waals surface area contributed by atoms with Gasteiger partial charge in [-0.3, -0.25) is 4.55 Å². The van der Waals surface area contributed by atoms with E-state index in [9.17, 15) is 8.42 Å². The normalized spacial score (nSPS) is 19.2. The van der Waals surface area contributed by atoms with Crippen LogP contribution in [-0.2, 0) is 10.1 Å². The SMILES string of the molecule is O=S(=O)(O)CCCCC1COc2cscc2O1. The van der Waals surface area contributed by atoms with Crippen LogP contribution in [0, 0.1) is 0 Å². The van der Waals surface area contributed by atoms with Gasteiger partial charge in [0.15, 0.2) is 11.5 Å². The molecule has 1 aromatic rings. The molecule has 1 atom stereocenters. The van der Waals surface area contributed by atoms with Gasteiger partial charge in [-0.25, -0.2) is 0 Å². The molecule has 1 aromatic heterocycles. The average molecular weight is 278 g/mol. The Hall–Kier alpha value is -0.790. The van der Waals surface area contributed by atoms with Gasteiger partial charge in [0, 0.05) is 10.8 Å². The predicted octanol–water partition coefficient (Wildman–Crippen LogP) is 1.95. The molecule has 0 saturated heterocycles. The molecule has 2 rings (SSSR count). The molecule has 0 amide bonds. The summed E-state index contributed by atoms with van der Waals surface area (Å²) in [5, 5.41) is 3.78. The first-order valence-electron chi connectivity index (χ1n) is 5.35. The van der Waals surface area contributed by atoms with Crippen molar-refractivity contribution < 1.29 is 22.4 Å².